The molecular formula is C27H47N3O2. The molecule has 2 saturated carbocycles. The van der Waals surface area contributed by atoms with E-state index in [-0.39, 0.29) is 17.7 Å². The Kier molecular flexibility index (Phi) is 7.85. The second kappa shape index (κ2) is 10.4. The van der Waals surface area contributed by atoms with Crippen LogP contribution in [0.15, 0.2) is 0 Å². The van der Waals surface area contributed by atoms with E-state index in [1.165, 1.54) is 25.7 Å². The van der Waals surface area contributed by atoms with Gasteiger partial charge < -0.3 is 15.5 Å². The molecule has 2 amide bonds. The van der Waals surface area contributed by atoms with E-state index in [0.717, 1.165) is 57.4 Å². The third-order valence-electron chi connectivity index (χ3n) is 9.62. The van der Waals surface area contributed by atoms with Gasteiger partial charge in [0.25, 0.3) is 0 Å². The van der Waals surface area contributed by atoms with Gasteiger partial charge in [-0.15, -0.1) is 0 Å². The number of hydrogen-bond donors (Lipinski definition) is 2. The normalized spacial score (nSPS) is 42.9. The molecule has 0 aromatic carbocycles. The average Bonchev–Trinajstić information content (AvgIpc) is 2.78. The van der Waals surface area contributed by atoms with Gasteiger partial charge in [-0.2, -0.15) is 0 Å². The van der Waals surface area contributed by atoms with Crippen LogP contribution in [-0.2, 0) is 9.59 Å². The Morgan fingerprint density at radius 2 is 1.81 bits per heavy atom. The maximum Gasteiger partial charge on any atom is 0.225 e. The summed E-state index contributed by atoms with van der Waals surface area (Å²) >= 11 is 0. The van der Waals surface area contributed by atoms with Crippen molar-refractivity contribution in [3.63, 3.8) is 0 Å². The minimum absolute atomic E-state index is 0.0879. The first-order valence-electron chi connectivity index (χ1n) is 13.7. The molecule has 0 aromatic rings. The van der Waals surface area contributed by atoms with Crippen LogP contribution in [0.25, 0.3) is 0 Å². The van der Waals surface area contributed by atoms with E-state index in [9.17, 15) is 9.59 Å². The molecule has 5 heteroatoms. The van der Waals surface area contributed by atoms with Crippen molar-refractivity contribution in [1.82, 2.24) is 15.5 Å². The third-order valence-corrected chi connectivity index (χ3v) is 9.62. The molecule has 2 aliphatic heterocycles. The lowest BCUT2D eigenvalue weighted by Crippen LogP contribution is -2.60. The second-order valence-electron chi connectivity index (χ2n) is 11.8. The third kappa shape index (κ3) is 5.18. The van der Waals surface area contributed by atoms with E-state index in [4.69, 9.17) is 0 Å². The van der Waals surface area contributed by atoms with E-state index in [0.29, 0.717) is 41.8 Å². The van der Waals surface area contributed by atoms with Crippen molar-refractivity contribution >= 4 is 11.8 Å². The largest absolute Gasteiger partial charge is 0.353 e. The molecule has 5 nitrogen and oxygen atoms in total. The Bertz CT molecular complexity index is 659. The highest BCUT2D eigenvalue weighted by Crippen LogP contribution is 2.44. The lowest BCUT2D eigenvalue weighted by molar-refractivity contribution is -0.149. The topological polar surface area (TPSA) is 61.4 Å². The van der Waals surface area contributed by atoms with Crippen LogP contribution < -0.4 is 10.6 Å². The van der Waals surface area contributed by atoms with Gasteiger partial charge in [0.15, 0.2) is 0 Å². The molecule has 4 rings (SSSR count). The molecule has 0 aromatic heterocycles. The van der Waals surface area contributed by atoms with Crippen molar-refractivity contribution in [2.75, 3.05) is 13.6 Å². The Morgan fingerprint density at radius 1 is 1.06 bits per heavy atom. The minimum atomic E-state index is 0.0879. The molecule has 2 heterocycles. The predicted molar refractivity (Wildman–Crippen MR) is 129 cm³/mol. The van der Waals surface area contributed by atoms with Crippen molar-refractivity contribution < 1.29 is 9.59 Å². The molecule has 32 heavy (non-hydrogen) atoms. The molecule has 0 spiro atoms. The fourth-order valence-electron chi connectivity index (χ4n) is 7.53. The zero-order valence-electron chi connectivity index (χ0n) is 20.9. The molecule has 0 radical (unpaired) electrons. The quantitative estimate of drug-likeness (QED) is 0.661. The van der Waals surface area contributed by atoms with E-state index >= 15 is 0 Å². The van der Waals surface area contributed by atoms with Gasteiger partial charge in [-0.3, -0.25) is 9.59 Å². The van der Waals surface area contributed by atoms with Gasteiger partial charge in [0.05, 0.1) is 0 Å². The number of fused-ring (bicyclic) bond motifs is 1. The maximum absolute atomic E-state index is 13.4. The Morgan fingerprint density at radius 3 is 2.53 bits per heavy atom. The first kappa shape index (κ1) is 24.0. The van der Waals surface area contributed by atoms with Crippen LogP contribution in [0.1, 0.15) is 91.4 Å². The van der Waals surface area contributed by atoms with Crippen molar-refractivity contribution in [1.29, 1.82) is 0 Å². The van der Waals surface area contributed by atoms with Gasteiger partial charge in [-0.1, -0.05) is 26.7 Å². The van der Waals surface area contributed by atoms with Crippen molar-refractivity contribution in [3.05, 3.63) is 0 Å². The molecule has 0 bridgehead atoms. The number of amides is 2. The molecule has 4 aliphatic rings. The second-order valence-corrected chi connectivity index (χ2v) is 11.8. The summed E-state index contributed by atoms with van der Waals surface area (Å²) in [6, 6.07) is 1.24. The molecule has 2 aliphatic carbocycles. The van der Waals surface area contributed by atoms with Gasteiger partial charge in [0, 0.05) is 43.6 Å². The zero-order chi connectivity index (χ0) is 22.8. The van der Waals surface area contributed by atoms with Crippen molar-refractivity contribution in [2.24, 2.45) is 35.5 Å². The number of hydrogen-bond acceptors (Lipinski definition) is 3. The highest BCUT2D eigenvalue weighted by molar-refractivity contribution is 5.81. The number of carbonyl (C=O) groups excluding carboxylic acids is 2. The van der Waals surface area contributed by atoms with Crippen LogP contribution in [0.3, 0.4) is 0 Å². The number of likely N-dealkylation sites (tertiary alicyclic amines) is 1. The number of nitrogens with one attached hydrogen (secondary N) is 2. The Hall–Kier alpha value is -1.10. The molecular weight excluding hydrogens is 398 g/mol. The number of piperidine rings is 2. The summed E-state index contributed by atoms with van der Waals surface area (Å²) in [6.07, 6.45) is 12.4. The van der Waals surface area contributed by atoms with Gasteiger partial charge in [0.2, 0.25) is 11.8 Å². The zero-order valence-corrected chi connectivity index (χ0v) is 20.9. The van der Waals surface area contributed by atoms with Crippen molar-refractivity contribution in [2.45, 2.75) is 110 Å². The molecule has 182 valence electrons. The summed E-state index contributed by atoms with van der Waals surface area (Å²) in [4.78, 5) is 28.7. The highest BCUT2D eigenvalue weighted by Gasteiger charge is 2.47. The Balaban J connectivity index is 1.35. The van der Waals surface area contributed by atoms with Crippen LogP contribution in [-0.4, -0.2) is 48.4 Å². The molecule has 4 fully saturated rings. The van der Waals surface area contributed by atoms with Crippen molar-refractivity contribution in [3.8, 4) is 0 Å². The van der Waals surface area contributed by atoms with Crippen LogP contribution in [0.2, 0.25) is 0 Å². The number of carbonyl (C=O) groups is 2. The minimum Gasteiger partial charge on any atom is -0.353 e. The fourth-order valence-corrected chi connectivity index (χ4v) is 7.53. The molecule has 7 atom stereocenters. The molecule has 7 unspecified atom stereocenters. The van der Waals surface area contributed by atoms with E-state index < -0.39 is 0 Å². The van der Waals surface area contributed by atoms with E-state index in [2.05, 4.69) is 36.3 Å². The molecule has 2 saturated heterocycles. The first-order chi connectivity index (χ1) is 15.4. The summed E-state index contributed by atoms with van der Waals surface area (Å²) < 4.78 is 0. The predicted octanol–water partition coefficient (Wildman–Crippen LogP) is 4.36. The summed E-state index contributed by atoms with van der Waals surface area (Å²) in [6.45, 7) is 7.83. The Labute approximate surface area is 195 Å². The smallest absolute Gasteiger partial charge is 0.225 e. The standard InChI is InChI=1S/C27H47N3O2/c1-5-6-19-8-11-22(12-9-19)29-26(31)20-10-7-17(2)23(14-20)24-15-21-16-28-18(3)13-25(21)30(4)27(24)32/h17-25,28H,5-16H2,1-4H3,(H,29,31). The van der Waals surface area contributed by atoms with Gasteiger partial charge in [-0.25, -0.2) is 0 Å². The number of rotatable bonds is 5. The molecule has 2 N–H and O–H groups in total. The SMILES string of the molecule is CCCC1CCC(NC(=O)C2CCC(C)C(C3CC4CNC(C)CC4N(C)C3=O)C2)CC1. The maximum atomic E-state index is 13.4. The summed E-state index contributed by atoms with van der Waals surface area (Å²) in [5.74, 6) is 3.07. The van der Waals surface area contributed by atoms with E-state index in [1.807, 2.05) is 7.05 Å². The van der Waals surface area contributed by atoms with Crippen LogP contribution in [0.4, 0.5) is 0 Å². The van der Waals surface area contributed by atoms with E-state index in [1.54, 1.807) is 0 Å². The highest BCUT2D eigenvalue weighted by atomic mass is 16.2. The van der Waals surface area contributed by atoms with Crippen LogP contribution >= 0.6 is 0 Å². The van der Waals surface area contributed by atoms with Crippen LogP contribution in [0.5, 0.6) is 0 Å². The summed E-state index contributed by atoms with van der Waals surface area (Å²) in [7, 11) is 2.02. The summed E-state index contributed by atoms with van der Waals surface area (Å²) in [5.41, 5.74) is 0. The first-order valence-corrected chi connectivity index (χ1v) is 13.7. The van der Waals surface area contributed by atoms with Gasteiger partial charge >= 0.3 is 0 Å². The summed E-state index contributed by atoms with van der Waals surface area (Å²) in [5, 5.41) is 7.05. The van der Waals surface area contributed by atoms with Gasteiger partial charge in [-0.05, 0) is 88.4 Å². The lowest BCUT2D eigenvalue weighted by atomic mass is 9.64. The number of nitrogens with zero attached hydrogens (tertiary/aromatic N) is 1. The van der Waals surface area contributed by atoms with Gasteiger partial charge in [0.1, 0.15) is 0 Å². The van der Waals surface area contributed by atoms with Crippen LogP contribution in [0, 0.1) is 35.5 Å². The monoisotopic (exact) mass is 445 g/mol. The average molecular weight is 446 g/mol. The lowest BCUT2D eigenvalue weighted by Gasteiger charge is -2.50. The fraction of sp³-hybridized carbons (Fsp3) is 0.926.